The van der Waals surface area contributed by atoms with Gasteiger partial charge in [0.1, 0.15) is 17.6 Å². The predicted molar refractivity (Wildman–Crippen MR) is 123 cm³/mol. The summed E-state index contributed by atoms with van der Waals surface area (Å²) >= 11 is 0. The zero-order chi connectivity index (χ0) is 23.1. The molecule has 0 aliphatic heterocycles. The first-order valence-corrected chi connectivity index (χ1v) is 11.4. The van der Waals surface area contributed by atoms with Crippen LogP contribution in [0.1, 0.15) is 55.7 Å². The minimum atomic E-state index is -0.744. The third-order valence-corrected chi connectivity index (χ3v) is 6.10. The fourth-order valence-electron chi connectivity index (χ4n) is 4.15. The molecule has 0 radical (unpaired) electrons. The first-order chi connectivity index (χ1) is 15.3. The second kappa shape index (κ2) is 11.1. The van der Waals surface area contributed by atoms with Gasteiger partial charge in [-0.2, -0.15) is 0 Å². The van der Waals surface area contributed by atoms with Gasteiger partial charge >= 0.3 is 0 Å². The average molecular weight is 441 g/mol. The second-order valence-corrected chi connectivity index (χ2v) is 8.69. The quantitative estimate of drug-likeness (QED) is 0.648. The Morgan fingerprint density at radius 3 is 2.53 bits per heavy atom. The Hall–Kier alpha value is -2.89. The fourth-order valence-corrected chi connectivity index (χ4v) is 4.15. The van der Waals surface area contributed by atoms with E-state index in [4.69, 9.17) is 4.74 Å². The van der Waals surface area contributed by atoms with E-state index in [0.717, 1.165) is 36.8 Å². The summed E-state index contributed by atoms with van der Waals surface area (Å²) in [6, 6.07) is 11.4. The second-order valence-electron chi connectivity index (χ2n) is 8.69. The van der Waals surface area contributed by atoms with Gasteiger partial charge in [-0.15, -0.1) is 0 Å². The van der Waals surface area contributed by atoms with E-state index in [1.807, 2.05) is 32.0 Å². The lowest BCUT2D eigenvalue weighted by Crippen LogP contribution is -2.51. The third kappa shape index (κ3) is 6.31. The highest BCUT2D eigenvalue weighted by atomic mass is 19.1. The number of rotatable bonds is 8. The summed E-state index contributed by atoms with van der Waals surface area (Å²) in [6.45, 7) is 5.38. The molecular weight excluding hydrogens is 407 g/mol. The molecule has 6 heteroatoms. The van der Waals surface area contributed by atoms with Gasteiger partial charge in [0.25, 0.3) is 5.91 Å². The lowest BCUT2D eigenvalue weighted by atomic mass is 9.95. The molecule has 1 fully saturated rings. The number of hydrogen-bond acceptors (Lipinski definition) is 3. The standard InChI is InChI=1S/C26H33FN2O3/c1-18-13-14-24(19(2)15-18)32-17-25(30)29(16-21-9-7-8-12-23(21)27)20(3)26(31)28-22-10-5-4-6-11-22/h7-9,12-15,20,22H,4-6,10-11,16-17H2,1-3H3,(H,28,31)/t20-/m0/s1. The molecule has 2 aromatic carbocycles. The smallest absolute Gasteiger partial charge is 0.261 e. The van der Waals surface area contributed by atoms with E-state index in [1.165, 1.54) is 17.4 Å². The summed E-state index contributed by atoms with van der Waals surface area (Å²) in [7, 11) is 0. The number of ether oxygens (including phenoxy) is 1. The van der Waals surface area contributed by atoms with E-state index in [1.54, 1.807) is 25.1 Å². The van der Waals surface area contributed by atoms with E-state index >= 15 is 0 Å². The fraction of sp³-hybridized carbons (Fsp3) is 0.462. The van der Waals surface area contributed by atoms with Crippen LogP contribution in [0, 0.1) is 19.7 Å². The van der Waals surface area contributed by atoms with Crippen molar-refractivity contribution in [3.8, 4) is 5.75 Å². The number of aryl methyl sites for hydroxylation is 2. The van der Waals surface area contributed by atoms with E-state index in [9.17, 15) is 14.0 Å². The molecule has 0 unspecified atom stereocenters. The van der Waals surface area contributed by atoms with Crippen LogP contribution in [-0.4, -0.2) is 35.4 Å². The van der Waals surface area contributed by atoms with E-state index in [-0.39, 0.29) is 31.0 Å². The molecule has 0 heterocycles. The van der Waals surface area contributed by atoms with Crippen LogP contribution in [0.5, 0.6) is 5.75 Å². The molecule has 0 aromatic heterocycles. The lowest BCUT2D eigenvalue weighted by molar-refractivity contribution is -0.142. The molecule has 5 nitrogen and oxygen atoms in total. The Morgan fingerprint density at radius 1 is 1.12 bits per heavy atom. The van der Waals surface area contributed by atoms with Crippen LogP contribution in [0.15, 0.2) is 42.5 Å². The van der Waals surface area contributed by atoms with Gasteiger partial charge in [0, 0.05) is 18.2 Å². The molecule has 2 amide bonds. The topological polar surface area (TPSA) is 58.6 Å². The molecule has 0 bridgehead atoms. The minimum absolute atomic E-state index is 0.000992. The van der Waals surface area contributed by atoms with Crippen molar-refractivity contribution in [2.45, 2.75) is 71.5 Å². The summed E-state index contributed by atoms with van der Waals surface area (Å²) in [4.78, 5) is 27.5. The number of halogens is 1. The number of carbonyl (C=O) groups is 2. The van der Waals surface area contributed by atoms with Crippen molar-refractivity contribution < 1.29 is 18.7 Å². The zero-order valence-electron chi connectivity index (χ0n) is 19.2. The zero-order valence-corrected chi connectivity index (χ0v) is 19.2. The molecule has 172 valence electrons. The summed E-state index contributed by atoms with van der Waals surface area (Å²) in [6.07, 6.45) is 5.29. The van der Waals surface area contributed by atoms with Gasteiger partial charge in [-0.1, -0.05) is 55.2 Å². The maximum Gasteiger partial charge on any atom is 0.261 e. The van der Waals surface area contributed by atoms with Crippen molar-refractivity contribution in [2.75, 3.05) is 6.61 Å². The molecule has 2 aromatic rings. The van der Waals surface area contributed by atoms with E-state index in [0.29, 0.717) is 11.3 Å². The molecule has 1 atom stereocenters. The van der Waals surface area contributed by atoms with Gasteiger partial charge in [-0.25, -0.2) is 4.39 Å². The lowest BCUT2D eigenvalue weighted by Gasteiger charge is -2.31. The molecule has 1 N–H and O–H groups in total. The Morgan fingerprint density at radius 2 is 1.84 bits per heavy atom. The molecule has 0 saturated heterocycles. The Balaban J connectivity index is 1.73. The number of carbonyl (C=O) groups excluding carboxylic acids is 2. The van der Waals surface area contributed by atoms with Crippen LogP contribution in [0.3, 0.4) is 0 Å². The predicted octanol–water partition coefficient (Wildman–Crippen LogP) is 4.69. The SMILES string of the molecule is Cc1ccc(OCC(=O)N(Cc2ccccc2F)[C@@H](C)C(=O)NC2CCCCC2)c(C)c1. The van der Waals surface area contributed by atoms with Gasteiger partial charge in [-0.3, -0.25) is 9.59 Å². The van der Waals surface area contributed by atoms with Crippen molar-refractivity contribution >= 4 is 11.8 Å². The van der Waals surface area contributed by atoms with Crippen LogP contribution in [0.25, 0.3) is 0 Å². The van der Waals surface area contributed by atoms with Crippen LogP contribution in [-0.2, 0) is 16.1 Å². The summed E-state index contributed by atoms with van der Waals surface area (Å²) in [5.74, 6) is -0.359. The molecular formula is C26H33FN2O3. The number of hydrogen-bond donors (Lipinski definition) is 1. The number of amides is 2. The van der Waals surface area contributed by atoms with Crippen molar-refractivity contribution in [1.82, 2.24) is 10.2 Å². The van der Waals surface area contributed by atoms with Gasteiger partial charge in [-0.05, 0) is 51.3 Å². The first kappa shape index (κ1) is 23.8. The van der Waals surface area contributed by atoms with Crippen LogP contribution in [0.2, 0.25) is 0 Å². The summed E-state index contributed by atoms with van der Waals surface area (Å²) in [5, 5.41) is 3.08. The highest BCUT2D eigenvalue weighted by Gasteiger charge is 2.29. The van der Waals surface area contributed by atoms with Crippen LogP contribution >= 0.6 is 0 Å². The number of benzene rings is 2. The number of nitrogens with one attached hydrogen (secondary N) is 1. The van der Waals surface area contributed by atoms with Crippen LogP contribution < -0.4 is 10.1 Å². The van der Waals surface area contributed by atoms with Crippen molar-refractivity contribution in [2.24, 2.45) is 0 Å². The first-order valence-electron chi connectivity index (χ1n) is 11.4. The van der Waals surface area contributed by atoms with Gasteiger partial charge in [0.15, 0.2) is 6.61 Å². The van der Waals surface area contributed by atoms with E-state index < -0.39 is 11.9 Å². The molecule has 1 saturated carbocycles. The molecule has 1 aliphatic rings. The normalized spacial score (nSPS) is 15.1. The molecule has 1 aliphatic carbocycles. The van der Waals surface area contributed by atoms with E-state index in [2.05, 4.69) is 5.32 Å². The highest BCUT2D eigenvalue weighted by molar-refractivity contribution is 5.88. The van der Waals surface area contributed by atoms with Crippen molar-refractivity contribution in [1.29, 1.82) is 0 Å². The van der Waals surface area contributed by atoms with Gasteiger partial charge in [0.05, 0.1) is 0 Å². The molecule has 3 rings (SSSR count). The Labute approximate surface area is 190 Å². The van der Waals surface area contributed by atoms with Gasteiger partial charge in [0.2, 0.25) is 5.91 Å². The summed E-state index contributed by atoms with van der Waals surface area (Å²) < 4.78 is 20.1. The molecule has 32 heavy (non-hydrogen) atoms. The van der Waals surface area contributed by atoms with Crippen molar-refractivity contribution in [3.63, 3.8) is 0 Å². The molecule has 0 spiro atoms. The summed E-state index contributed by atoms with van der Waals surface area (Å²) in [5.41, 5.74) is 2.40. The minimum Gasteiger partial charge on any atom is -0.483 e. The van der Waals surface area contributed by atoms with Gasteiger partial charge < -0.3 is 15.0 Å². The average Bonchev–Trinajstić information content (AvgIpc) is 2.78. The monoisotopic (exact) mass is 440 g/mol. The highest BCUT2D eigenvalue weighted by Crippen LogP contribution is 2.21. The Kier molecular flexibility index (Phi) is 8.26. The van der Waals surface area contributed by atoms with Crippen molar-refractivity contribution in [3.05, 3.63) is 65.0 Å². The largest absolute Gasteiger partial charge is 0.483 e. The Bertz CT molecular complexity index is 940. The van der Waals surface area contributed by atoms with Crippen LogP contribution in [0.4, 0.5) is 4.39 Å². The maximum absolute atomic E-state index is 14.3. The third-order valence-electron chi connectivity index (χ3n) is 6.10. The number of nitrogens with zero attached hydrogens (tertiary/aromatic N) is 1. The maximum atomic E-state index is 14.3.